The highest BCUT2D eigenvalue weighted by Crippen LogP contribution is 2.29. The van der Waals surface area contributed by atoms with Gasteiger partial charge in [0.1, 0.15) is 12.1 Å². The zero-order valence-corrected chi connectivity index (χ0v) is 15.3. The molecule has 1 saturated heterocycles. The molecule has 2 aliphatic heterocycles. The summed E-state index contributed by atoms with van der Waals surface area (Å²) in [5, 5.41) is 12.5. The van der Waals surface area contributed by atoms with E-state index in [0.717, 1.165) is 5.56 Å². The molecular formula is C19H25N3O4. The lowest BCUT2D eigenvalue weighted by Crippen LogP contribution is -2.55. The number of benzene rings is 1. The summed E-state index contributed by atoms with van der Waals surface area (Å²) in [6.07, 6.45) is -0.523. The molecule has 0 unspecified atom stereocenters. The van der Waals surface area contributed by atoms with E-state index >= 15 is 0 Å². The Hall–Kier alpha value is -2.41. The van der Waals surface area contributed by atoms with Gasteiger partial charge in [0.05, 0.1) is 6.10 Å². The first-order valence-electron chi connectivity index (χ1n) is 8.94. The van der Waals surface area contributed by atoms with Crippen LogP contribution in [0.5, 0.6) is 0 Å². The molecule has 0 aromatic heterocycles. The van der Waals surface area contributed by atoms with Gasteiger partial charge in [-0.15, -0.1) is 0 Å². The van der Waals surface area contributed by atoms with Crippen LogP contribution in [0.25, 0.3) is 0 Å². The molecule has 2 N–H and O–H groups in total. The van der Waals surface area contributed by atoms with Gasteiger partial charge < -0.3 is 20.2 Å². The van der Waals surface area contributed by atoms with E-state index < -0.39 is 18.2 Å². The van der Waals surface area contributed by atoms with Gasteiger partial charge in [-0.2, -0.15) is 0 Å². The minimum Gasteiger partial charge on any atom is -0.391 e. The summed E-state index contributed by atoms with van der Waals surface area (Å²) in [5.41, 5.74) is 1.52. The molecule has 1 fully saturated rings. The van der Waals surface area contributed by atoms with E-state index in [1.54, 1.807) is 11.0 Å². The Bertz CT molecular complexity index is 733. The Balaban J connectivity index is 1.88. The summed E-state index contributed by atoms with van der Waals surface area (Å²) in [6.45, 7) is 4.26. The molecule has 7 heteroatoms. The van der Waals surface area contributed by atoms with Crippen molar-refractivity contribution in [3.63, 3.8) is 0 Å². The van der Waals surface area contributed by atoms with Crippen LogP contribution in [0, 0.1) is 5.92 Å². The van der Waals surface area contributed by atoms with Gasteiger partial charge in [0.25, 0.3) is 5.91 Å². The van der Waals surface area contributed by atoms with Gasteiger partial charge in [0, 0.05) is 32.1 Å². The van der Waals surface area contributed by atoms with Gasteiger partial charge in [0.15, 0.2) is 0 Å². The third kappa shape index (κ3) is 3.07. The van der Waals surface area contributed by atoms with Crippen LogP contribution >= 0.6 is 0 Å². The minimum atomic E-state index is -0.736. The fourth-order valence-corrected chi connectivity index (χ4v) is 3.92. The van der Waals surface area contributed by atoms with Crippen molar-refractivity contribution in [1.29, 1.82) is 0 Å². The molecule has 2 aliphatic rings. The van der Waals surface area contributed by atoms with Crippen LogP contribution in [0.3, 0.4) is 0 Å². The van der Waals surface area contributed by atoms with Crippen molar-refractivity contribution in [3.05, 3.63) is 35.4 Å². The molecule has 0 spiro atoms. The zero-order valence-electron chi connectivity index (χ0n) is 15.3. The Morgan fingerprint density at radius 3 is 2.58 bits per heavy atom. The average Bonchev–Trinajstić information content (AvgIpc) is 3.15. The van der Waals surface area contributed by atoms with E-state index in [9.17, 15) is 19.5 Å². The molecule has 1 aromatic rings. The van der Waals surface area contributed by atoms with E-state index in [4.69, 9.17) is 0 Å². The standard InChI is InChI=1S/C19H25N3O4/c1-11(2)16(22-9-12-6-4-5-7-14(12)18(22)25)19(26)21-10-13(23)8-15(21)17(24)20-3/h4-7,11,13,15-16,23H,8-10H2,1-3H3,(H,20,24)/t13-,15+,16+/m1/s1. The predicted molar refractivity (Wildman–Crippen MR) is 95.1 cm³/mol. The summed E-state index contributed by atoms with van der Waals surface area (Å²) in [7, 11) is 1.51. The number of hydrogen-bond donors (Lipinski definition) is 2. The zero-order chi connectivity index (χ0) is 19.0. The number of likely N-dealkylation sites (tertiary alicyclic amines) is 1. The van der Waals surface area contributed by atoms with Crippen molar-refractivity contribution in [2.24, 2.45) is 5.92 Å². The number of carbonyl (C=O) groups excluding carboxylic acids is 3. The molecule has 26 heavy (non-hydrogen) atoms. The molecule has 7 nitrogen and oxygen atoms in total. The van der Waals surface area contributed by atoms with Crippen molar-refractivity contribution in [1.82, 2.24) is 15.1 Å². The summed E-state index contributed by atoms with van der Waals surface area (Å²) in [4.78, 5) is 41.3. The molecular weight excluding hydrogens is 334 g/mol. The number of aliphatic hydroxyl groups excluding tert-OH is 1. The Labute approximate surface area is 153 Å². The van der Waals surface area contributed by atoms with Gasteiger partial charge in [0.2, 0.25) is 11.8 Å². The molecule has 140 valence electrons. The summed E-state index contributed by atoms with van der Waals surface area (Å²) >= 11 is 0. The molecule has 3 atom stereocenters. The normalized spacial score (nSPS) is 23.3. The summed E-state index contributed by atoms with van der Waals surface area (Å²) < 4.78 is 0. The Morgan fingerprint density at radius 2 is 1.96 bits per heavy atom. The van der Waals surface area contributed by atoms with Crippen molar-refractivity contribution in [2.75, 3.05) is 13.6 Å². The lowest BCUT2D eigenvalue weighted by atomic mass is 10.0. The second-order valence-electron chi connectivity index (χ2n) is 7.29. The fraction of sp³-hybridized carbons (Fsp3) is 0.526. The van der Waals surface area contributed by atoms with E-state index in [2.05, 4.69) is 5.32 Å². The van der Waals surface area contributed by atoms with E-state index in [1.807, 2.05) is 32.0 Å². The minimum absolute atomic E-state index is 0.106. The maximum absolute atomic E-state index is 13.3. The smallest absolute Gasteiger partial charge is 0.255 e. The highest BCUT2D eigenvalue weighted by molar-refractivity contribution is 6.01. The second-order valence-corrected chi connectivity index (χ2v) is 7.29. The van der Waals surface area contributed by atoms with Gasteiger partial charge in [-0.25, -0.2) is 0 Å². The quantitative estimate of drug-likeness (QED) is 0.813. The fourth-order valence-electron chi connectivity index (χ4n) is 3.92. The number of aliphatic hydroxyl groups is 1. The lowest BCUT2D eigenvalue weighted by Gasteiger charge is -2.35. The first kappa shape index (κ1) is 18.4. The van der Waals surface area contributed by atoms with Crippen LogP contribution < -0.4 is 5.32 Å². The highest BCUT2D eigenvalue weighted by Gasteiger charge is 2.45. The van der Waals surface area contributed by atoms with Crippen LogP contribution in [0.4, 0.5) is 0 Å². The third-order valence-corrected chi connectivity index (χ3v) is 5.18. The number of nitrogens with one attached hydrogen (secondary N) is 1. The van der Waals surface area contributed by atoms with Gasteiger partial charge in [-0.3, -0.25) is 14.4 Å². The first-order valence-corrected chi connectivity index (χ1v) is 8.94. The number of rotatable bonds is 4. The molecule has 3 amide bonds. The molecule has 0 radical (unpaired) electrons. The largest absolute Gasteiger partial charge is 0.391 e. The van der Waals surface area contributed by atoms with Crippen LogP contribution in [0.15, 0.2) is 24.3 Å². The van der Waals surface area contributed by atoms with Crippen LogP contribution in [-0.4, -0.2) is 64.4 Å². The molecule has 1 aromatic carbocycles. The number of nitrogens with zero attached hydrogens (tertiary/aromatic N) is 2. The van der Waals surface area contributed by atoms with Gasteiger partial charge in [-0.05, 0) is 17.5 Å². The molecule has 2 heterocycles. The number of fused-ring (bicyclic) bond motifs is 1. The monoisotopic (exact) mass is 359 g/mol. The first-order chi connectivity index (χ1) is 12.3. The van der Waals surface area contributed by atoms with Crippen molar-refractivity contribution in [2.45, 2.75) is 45.0 Å². The van der Waals surface area contributed by atoms with Crippen molar-refractivity contribution in [3.8, 4) is 0 Å². The van der Waals surface area contributed by atoms with Gasteiger partial charge >= 0.3 is 0 Å². The number of likely N-dealkylation sites (N-methyl/N-ethyl adjacent to an activating group) is 1. The molecule has 3 rings (SSSR count). The van der Waals surface area contributed by atoms with E-state index in [0.29, 0.717) is 12.1 Å². The number of hydrogen-bond acceptors (Lipinski definition) is 4. The number of carbonyl (C=O) groups is 3. The SMILES string of the molecule is CNC(=O)[C@@H]1C[C@@H](O)CN1C(=O)[C@H](C(C)C)N1Cc2ccccc2C1=O. The number of β-amino-alcohol motifs (C(OH)–C–C–N with tert-alkyl or cyclic N) is 1. The maximum atomic E-state index is 13.3. The summed E-state index contributed by atoms with van der Waals surface area (Å²) in [6, 6.07) is 5.97. The van der Waals surface area contributed by atoms with Crippen LogP contribution in [0.1, 0.15) is 36.2 Å². The second kappa shape index (κ2) is 7.07. The average molecular weight is 359 g/mol. The third-order valence-electron chi connectivity index (χ3n) is 5.18. The van der Waals surface area contributed by atoms with E-state index in [1.165, 1.54) is 11.9 Å². The lowest BCUT2D eigenvalue weighted by molar-refractivity contribution is -0.143. The van der Waals surface area contributed by atoms with E-state index in [-0.39, 0.29) is 36.6 Å². The summed E-state index contributed by atoms with van der Waals surface area (Å²) in [5.74, 6) is -0.868. The van der Waals surface area contributed by atoms with Gasteiger partial charge in [-0.1, -0.05) is 32.0 Å². The molecule has 0 bridgehead atoms. The Kier molecular flexibility index (Phi) is 5.00. The van der Waals surface area contributed by atoms with Crippen LogP contribution in [0.2, 0.25) is 0 Å². The highest BCUT2D eigenvalue weighted by atomic mass is 16.3. The number of amides is 3. The van der Waals surface area contributed by atoms with Crippen molar-refractivity contribution < 1.29 is 19.5 Å². The van der Waals surface area contributed by atoms with Crippen molar-refractivity contribution >= 4 is 17.7 Å². The predicted octanol–water partition coefficient (Wildman–Crippen LogP) is 0.375. The maximum Gasteiger partial charge on any atom is 0.255 e. The molecule has 0 aliphatic carbocycles. The van der Waals surface area contributed by atoms with Crippen LogP contribution in [-0.2, 0) is 16.1 Å². The molecule has 0 saturated carbocycles. The Morgan fingerprint density at radius 1 is 1.27 bits per heavy atom. The topological polar surface area (TPSA) is 89.9 Å².